The molecule has 37 heavy (non-hydrogen) atoms. The van der Waals surface area contributed by atoms with Crippen molar-refractivity contribution in [3.63, 3.8) is 0 Å². The van der Waals surface area contributed by atoms with Crippen LogP contribution in [0.2, 0.25) is 0 Å². The third-order valence-electron chi connectivity index (χ3n) is 8.07. The number of unbranched alkanes of at least 4 members (excludes halogenated alkanes) is 9. The van der Waals surface area contributed by atoms with Crippen LogP contribution in [0.25, 0.3) is 0 Å². The molecule has 0 saturated carbocycles. The van der Waals surface area contributed by atoms with Crippen molar-refractivity contribution in [3.8, 4) is 0 Å². The minimum Gasteiger partial charge on any atom is -0.355 e. The highest BCUT2D eigenvalue weighted by atomic mass is 32.2. The topological polar surface area (TPSA) is 108 Å². The van der Waals surface area contributed by atoms with E-state index in [2.05, 4.69) is 29.8 Å². The Hall–Kier alpha value is -1.77. The molecule has 0 bridgehead atoms. The monoisotopic (exact) mass is 538 g/mol. The number of likely N-dealkylation sites (N-methyl/N-ethyl adjacent to an activating group) is 1. The Morgan fingerprint density at radius 3 is 2.16 bits per heavy atom. The third kappa shape index (κ3) is 10.1. The summed E-state index contributed by atoms with van der Waals surface area (Å²) in [6.07, 6.45) is 14.2. The molecular formula is C28H50N4O4S. The molecule has 3 N–H and O–H groups in total. The van der Waals surface area contributed by atoms with Crippen LogP contribution >= 0.6 is 11.8 Å². The zero-order valence-electron chi connectivity index (χ0n) is 23.6. The second-order valence-corrected chi connectivity index (χ2v) is 12.6. The first-order chi connectivity index (χ1) is 17.6. The number of hydrogen-bond donors (Lipinski definition) is 3. The Morgan fingerprint density at radius 1 is 0.919 bits per heavy atom. The fraction of sp³-hybridized carbons (Fsp3) is 0.857. The molecule has 2 saturated heterocycles. The molecule has 2 aliphatic rings. The third-order valence-corrected chi connectivity index (χ3v) is 9.92. The molecule has 2 rings (SSSR count). The first-order valence-corrected chi connectivity index (χ1v) is 15.3. The molecule has 0 aromatic rings. The molecule has 2 heterocycles. The van der Waals surface area contributed by atoms with Crippen molar-refractivity contribution in [2.45, 2.75) is 127 Å². The number of nitrogens with zero attached hydrogens (tertiary/aromatic N) is 1. The van der Waals surface area contributed by atoms with Crippen LogP contribution in [0, 0.1) is 0 Å². The number of rotatable bonds is 19. The number of carbonyl (C=O) groups is 4. The van der Waals surface area contributed by atoms with E-state index in [9.17, 15) is 19.2 Å². The van der Waals surface area contributed by atoms with Gasteiger partial charge in [-0.15, -0.1) is 0 Å². The van der Waals surface area contributed by atoms with Gasteiger partial charge in [-0.25, -0.2) is 4.79 Å². The second-order valence-electron chi connectivity index (χ2n) is 11.4. The van der Waals surface area contributed by atoms with Gasteiger partial charge in [0.2, 0.25) is 11.8 Å². The quantitative estimate of drug-likeness (QED) is 0.165. The van der Waals surface area contributed by atoms with Crippen LogP contribution in [0.15, 0.2) is 0 Å². The van der Waals surface area contributed by atoms with Gasteiger partial charge in [-0.1, -0.05) is 51.4 Å². The van der Waals surface area contributed by atoms with E-state index in [1.807, 2.05) is 11.8 Å². The smallest absolute Gasteiger partial charge is 0.315 e. The van der Waals surface area contributed by atoms with Crippen LogP contribution in [0.4, 0.5) is 4.79 Å². The largest absolute Gasteiger partial charge is 0.355 e. The van der Waals surface area contributed by atoms with Gasteiger partial charge in [-0.05, 0) is 46.5 Å². The number of Topliss-reactive ketones (excluding diaryl/α,β-unsaturated/α-hetero) is 1. The lowest BCUT2D eigenvalue weighted by atomic mass is 9.79. The Bertz CT molecular complexity index is 779. The highest BCUT2D eigenvalue weighted by Crippen LogP contribution is 2.47. The molecule has 4 amide bonds. The van der Waals surface area contributed by atoms with Crippen molar-refractivity contribution in [2.75, 3.05) is 25.9 Å². The van der Waals surface area contributed by atoms with Gasteiger partial charge in [0.05, 0.1) is 17.6 Å². The summed E-state index contributed by atoms with van der Waals surface area (Å²) in [5, 5.41) is 9.45. The average Bonchev–Trinajstić information content (AvgIpc) is 3.20. The molecule has 9 heteroatoms. The molecule has 0 aliphatic carbocycles. The summed E-state index contributed by atoms with van der Waals surface area (Å²) in [6.45, 7) is 6.65. The highest BCUT2D eigenvalue weighted by molar-refractivity contribution is 8.00. The fourth-order valence-electron chi connectivity index (χ4n) is 5.33. The zero-order chi connectivity index (χ0) is 27.3. The Balaban J connectivity index is 1.45. The summed E-state index contributed by atoms with van der Waals surface area (Å²) < 4.78 is 0. The van der Waals surface area contributed by atoms with Crippen LogP contribution in [-0.4, -0.2) is 70.7 Å². The fourth-order valence-corrected chi connectivity index (χ4v) is 7.23. The van der Waals surface area contributed by atoms with Gasteiger partial charge in [0, 0.05) is 37.4 Å². The minimum atomic E-state index is -0.259. The Kier molecular flexibility index (Phi) is 13.3. The lowest BCUT2D eigenvalue weighted by Crippen LogP contribution is -2.58. The number of hydrogen-bond acceptors (Lipinski definition) is 5. The van der Waals surface area contributed by atoms with E-state index in [4.69, 9.17) is 0 Å². The maximum absolute atomic E-state index is 12.5. The van der Waals surface area contributed by atoms with Crippen LogP contribution in [-0.2, 0) is 14.4 Å². The van der Waals surface area contributed by atoms with Gasteiger partial charge < -0.3 is 25.6 Å². The van der Waals surface area contributed by atoms with Crippen molar-refractivity contribution in [1.29, 1.82) is 0 Å². The van der Waals surface area contributed by atoms with E-state index in [0.717, 1.165) is 57.1 Å². The number of ketones is 1. The van der Waals surface area contributed by atoms with Gasteiger partial charge in [0.25, 0.3) is 0 Å². The first-order valence-electron chi connectivity index (χ1n) is 14.3. The zero-order valence-corrected chi connectivity index (χ0v) is 24.4. The van der Waals surface area contributed by atoms with Crippen LogP contribution < -0.4 is 16.0 Å². The van der Waals surface area contributed by atoms with Gasteiger partial charge in [0.1, 0.15) is 5.78 Å². The number of urea groups is 1. The number of amides is 4. The molecule has 2 aliphatic heterocycles. The number of thioether (sulfide) groups is 1. The number of carbonyl (C=O) groups excluding carboxylic acids is 4. The van der Waals surface area contributed by atoms with E-state index in [1.54, 1.807) is 14.0 Å². The van der Waals surface area contributed by atoms with Gasteiger partial charge in [0.15, 0.2) is 0 Å². The minimum absolute atomic E-state index is 0.00223. The molecule has 0 radical (unpaired) electrons. The van der Waals surface area contributed by atoms with Crippen molar-refractivity contribution in [3.05, 3.63) is 0 Å². The molecule has 8 nitrogen and oxygen atoms in total. The molecular weight excluding hydrogens is 488 g/mol. The summed E-state index contributed by atoms with van der Waals surface area (Å²) in [6, 6.07) is -0.0879. The lowest BCUT2D eigenvalue weighted by molar-refractivity contribution is -0.134. The summed E-state index contributed by atoms with van der Waals surface area (Å²) in [5.74, 6) is 1.09. The van der Waals surface area contributed by atoms with E-state index >= 15 is 0 Å². The molecule has 3 unspecified atom stereocenters. The Morgan fingerprint density at radius 2 is 1.51 bits per heavy atom. The highest BCUT2D eigenvalue weighted by Gasteiger charge is 2.60. The van der Waals surface area contributed by atoms with E-state index < -0.39 is 0 Å². The van der Waals surface area contributed by atoms with Crippen molar-refractivity contribution in [1.82, 2.24) is 20.9 Å². The normalized spacial score (nSPS) is 24.3. The van der Waals surface area contributed by atoms with Crippen molar-refractivity contribution >= 4 is 35.4 Å². The molecule has 2 fully saturated rings. The first kappa shape index (κ1) is 31.4. The summed E-state index contributed by atoms with van der Waals surface area (Å²) >= 11 is 1.89. The summed E-state index contributed by atoms with van der Waals surface area (Å²) in [7, 11) is 1.70. The average molecular weight is 539 g/mol. The Labute approximate surface area is 228 Å². The van der Waals surface area contributed by atoms with Crippen molar-refractivity contribution < 1.29 is 19.2 Å². The van der Waals surface area contributed by atoms with E-state index in [1.165, 1.54) is 37.0 Å². The number of nitrogens with one attached hydrogen (secondary N) is 3. The van der Waals surface area contributed by atoms with Gasteiger partial charge in [-0.3, -0.25) is 9.59 Å². The lowest BCUT2D eigenvalue weighted by Gasteiger charge is -2.35. The number of fused-ring (bicyclic) bond motifs is 1. The molecule has 0 spiro atoms. The van der Waals surface area contributed by atoms with Gasteiger partial charge in [-0.2, -0.15) is 11.8 Å². The second kappa shape index (κ2) is 15.6. The van der Waals surface area contributed by atoms with E-state index in [0.29, 0.717) is 18.2 Å². The van der Waals surface area contributed by atoms with Crippen LogP contribution in [0.1, 0.15) is 111 Å². The molecule has 3 atom stereocenters. The maximum Gasteiger partial charge on any atom is 0.315 e. The standard InChI is InChI=1S/C28H50N4O4S/c1-22(33)16-12-10-8-6-5-7-9-11-15-19-29-24(34)20-32(4)25(35)18-14-13-17-23-28(3)27(2,21-37-23)30-26(36)31-28/h23H,5-21H2,1-4H3,(H,29,34)(H2,30,31,36). The molecule has 0 aromatic carbocycles. The SMILES string of the molecule is CC(=O)CCCCCCCCCCCNC(=O)CN(C)C(=O)CCCCC1SCC2(C)NC(=O)NC12C. The van der Waals surface area contributed by atoms with Gasteiger partial charge >= 0.3 is 6.03 Å². The van der Waals surface area contributed by atoms with Crippen LogP contribution in [0.3, 0.4) is 0 Å². The summed E-state index contributed by atoms with van der Waals surface area (Å²) in [5.41, 5.74) is -0.480. The summed E-state index contributed by atoms with van der Waals surface area (Å²) in [4.78, 5) is 48.9. The maximum atomic E-state index is 12.5. The molecule has 0 aromatic heterocycles. The van der Waals surface area contributed by atoms with E-state index in [-0.39, 0.29) is 41.3 Å². The predicted molar refractivity (Wildman–Crippen MR) is 151 cm³/mol. The predicted octanol–water partition coefficient (Wildman–Crippen LogP) is 4.56. The van der Waals surface area contributed by atoms with Crippen molar-refractivity contribution in [2.24, 2.45) is 0 Å². The van der Waals surface area contributed by atoms with Crippen LogP contribution in [0.5, 0.6) is 0 Å². The molecule has 212 valence electrons.